The fourth-order valence-corrected chi connectivity index (χ4v) is 3.17. The van der Waals surface area contributed by atoms with Crippen molar-refractivity contribution < 1.29 is 5.11 Å². The van der Waals surface area contributed by atoms with Crippen molar-refractivity contribution in [1.29, 1.82) is 0 Å². The first-order valence-electron chi connectivity index (χ1n) is 7.47. The average Bonchev–Trinajstić information content (AvgIpc) is 2.41. The van der Waals surface area contributed by atoms with Crippen molar-refractivity contribution in [3.8, 4) is 0 Å². The molecule has 2 aliphatic rings. The summed E-state index contributed by atoms with van der Waals surface area (Å²) >= 11 is 0. The van der Waals surface area contributed by atoms with Gasteiger partial charge >= 0.3 is 0 Å². The molecule has 2 rings (SSSR count). The summed E-state index contributed by atoms with van der Waals surface area (Å²) in [5, 5.41) is 13.5. The molecule has 3 heteroatoms. The van der Waals surface area contributed by atoms with E-state index >= 15 is 0 Å². The molecular formula is C14H28N2O. The fraction of sp³-hybridized carbons (Fsp3) is 1.00. The minimum Gasteiger partial charge on any atom is -0.393 e. The van der Waals surface area contributed by atoms with Gasteiger partial charge in [0.2, 0.25) is 0 Å². The van der Waals surface area contributed by atoms with E-state index in [9.17, 15) is 5.11 Å². The molecule has 2 heterocycles. The number of rotatable bonds is 5. The Hall–Kier alpha value is -0.120. The second-order valence-electron chi connectivity index (χ2n) is 5.70. The van der Waals surface area contributed by atoms with Gasteiger partial charge in [-0.25, -0.2) is 0 Å². The van der Waals surface area contributed by atoms with E-state index in [4.69, 9.17) is 0 Å². The van der Waals surface area contributed by atoms with Crippen LogP contribution in [-0.4, -0.2) is 48.8 Å². The first kappa shape index (κ1) is 13.3. The quantitative estimate of drug-likeness (QED) is 0.766. The van der Waals surface area contributed by atoms with Gasteiger partial charge in [0.05, 0.1) is 6.10 Å². The van der Waals surface area contributed by atoms with Crippen LogP contribution in [0.25, 0.3) is 0 Å². The minimum atomic E-state index is -0.0538. The van der Waals surface area contributed by atoms with Crippen LogP contribution in [-0.2, 0) is 0 Å². The molecule has 0 aromatic carbocycles. The maximum Gasteiger partial charge on any atom is 0.0569 e. The van der Waals surface area contributed by atoms with Gasteiger partial charge in [-0.3, -0.25) is 0 Å². The molecule has 2 fully saturated rings. The second-order valence-corrected chi connectivity index (χ2v) is 5.70. The highest BCUT2D eigenvalue weighted by atomic mass is 16.3. The van der Waals surface area contributed by atoms with E-state index in [2.05, 4.69) is 10.2 Å². The zero-order valence-corrected chi connectivity index (χ0v) is 11.0. The summed E-state index contributed by atoms with van der Waals surface area (Å²) in [6.07, 6.45) is 8.59. The normalized spacial score (nSPS) is 25.9. The molecule has 2 N–H and O–H groups in total. The van der Waals surface area contributed by atoms with Gasteiger partial charge in [0.25, 0.3) is 0 Å². The monoisotopic (exact) mass is 240 g/mol. The smallest absolute Gasteiger partial charge is 0.0569 e. The van der Waals surface area contributed by atoms with Crippen molar-refractivity contribution in [2.45, 2.75) is 51.0 Å². The third-order valence-electron chi connectivity index (χ3n) is 4.35. The van der Waals surface area contributed by atoms with Crippen LogP contribution in [0, 0.1) is 5.92 Å². The summed E-state index contributed by atoms with van der Waals surface area (Å²) in [5.74, 6) is 0.553. The van der Waals surface area contributed by atoms with Crippen molar-refractivity contribution in [3.05, 3.63) is 0 Å². The Balaban J connectivity index is 1.57. The maximum atomic E-state index is 10.2. The summed E-state index contributed by atoms with van der Waals surface area (Å²) < 4.78 is 0. The molecule has 3 nitrogen and oxygen atoms in total. The van der Waals surface area contributed by atoms with Crippen LogP contribution >= 0.6 is 0 Å². The van der Waals surface area contributed by atoms with E-state index in [0.29, 0.717) is 5.92 Å². The summed E-state index contributed by atoms with van der Waals surface area (Å²) in [5.41, 5.74) is 0. The molecule has 1 unspecified atom stereocenters. The van der Waals surface area contributed by atoms with E-state index in [1.807, 2.05) is 0 Å². The van der Waals surface area contributed by atoms with Crippen LogP contribution in [0.1, 0.15) is 44.9 Å². The number of aliphatic hydroxyl groups is 1. The lowest BCUT2D eigenvalue weighted by atomic mass is 9.90. The summed E-state index contributed by atoms with van der Waals surface area (Å²) in [7, 11) is 0. The van der Waals surface area contributed by atoms with Gasteiger partial charge in [-0.15, -0.1) is 0 Å². The number of piperidine rings is 2. The second kappa shape index (κ2) is 7.34. The average molecular weight is 240 g/mol. The predicted octanol–water partition coefficient (Wildman–Crippen LogP) is 1.61. The zero-order chi connectivity index (χ0) is 11.9. The molecule has 17 heavy (non-hydrogen) atoms. The van der Waals surface area contributed by atoms with E-state index in [1.54, 1.807) is 0 Å². The maximum absolute atomic E-state index is 10.2. The number of hydrogen-bond donors (Lipinski definition) is 2. The number of nitrogens with one attached hydrogen (secondary N) is 1. The SMILES string of the molecule is OC(CCCN1CCCCC1)C1CCNCC1. The van der Waals surface area contributed by atoms with Crippen LogP contribution in [0.4, 0.5) is 0 Å². The molecule has 1 atom stereocenters. The Morgan fingerprint density at radius 2 is 1.82 bits per heavy atom. The molecule has 0 radical (unpaired) electrons. The van der Waals surface area contributed by atoms with Crippen LogP contribution in [0.3, 0.4) is 0 Å². The first-order chi connectivity index (χ1) is 8.36. The number of likely N-dealkylation sites (tertiary alicyclic amines) is 1. The van der Waals surface area contributed by atoms with Gasteiger partial charge < -0.3 is 15.3 Å². The first-order valence-corrected chi connectivity index (χ1v) is 7.47. The van der Waals surface area contributed by atoms with Gasteiger partial charge in [0.15, 0.2) is 0 Å². The number of nitrogens with zero attached hydrogens (tertiary/aromatic N) is 1. The summed E-state index contributed by atoms with van der Waals surface area (Å²) in [6, 6.07) is 0. The van der Waals surface area contributed by atoms with E-state index in [0.717, 1.165) is 32.4 Å². The molecule has 0 aliphatic carbocycles. The van der Waals surface area contributed by atoms with Gasteiger partial charge in [0.1, 0.15) is 0 Å². The Morgan fingerprint density at radius 3 is 2.53 bits per heavy atom. The molecular weight excluding hydrogens is 212 g/mol. The van der Waals surface area contributed by atoms with E-state index < -0.39 is 0 Å². The van der Waals surface area contributed by atoms with Crippen molar-refractivity contribution in [1.82, 2.24) is 10.2 Å². The van der Waals surface area contributed by atoms with Crippen molar-refractivity contribution in [3.63, 3.8) is 0 Å². The topological polar surface area (TPSA) is 35.5 Å². The zero-order valence-electron chi connectivity index (χ0n) is 11.0. The molecule has 0 aromatic rings. The molecule has 0 saturated carbocycles. The fourth-order valence-electron chi connectivity index (χ4n) is 3.17. The lowest BCUT2D eigenvalue weighted by molar-refractivity contribution is 0.0749. The molecule has 0 amide bonds. The third-order valence-corrected chi connectivity index (χ3v) is 4.35. The van der Waals surface area contributed by atoms with Gasteiger partial charge in [-0.1, -0.05) is 6.42 Å². The standard InChI is InChI=1S/C14H28N2O/c17-14(13-6-8-15-9-7-13)5-4-12-16-10-2-1-3-11-16/h13-15,17H,1-12H2. The van der Waals surface area contributed by atoms with Gasteiger partial charge in [0, 0.05) is 0 Å². The van der Waals surface area contributed by atoms with Gasteiger partial charge in [-0.2, -0.15) is 0 Å². The van der Waals surface area contributed by atoms with Crippen LogP contribution < -0.4 is 5.32 Å². The lowest BCUT2D eigenvalue weighted by Gasteiger charge is -2.29. The Kier molecular flexibility index (Phi) is 5.75. The highest BCUT2D eigenvalue weighted by molar-refractivity contribution is 4.75. The van der Waals surface area contributed by atoms with Crippen molar-refractivity contribution >= 4 is 0 Å². The Bertz CT molecular complexity index is 198. The Labute approximate surface area is 106 Å². The predicted molar refractivity (Wildman–Crippen MR) is 71.1 cm³/mol. The molecule has 0 bridgehead atoms. The molecule has 0 spiro atoms. The summed E-state index contributed by atoms with van der Waals surface area (Å²) in [4.78, 5) is 2.57. The van der Waals surface area contributed by atoms with Crippen LogP contribution in [0.5, 0.6) is 0 Å². The molecule has 2 saturated heterocycles. The highest BCUT2D eigenvalue weighted by Crippen LogP contribution is 2.20. The van der Waals surface area contributed by atoms with E-state index in [-0.39, 0.29) is 6.10 Å². The van der Waals surface area contributed by atoms with Crippen LogP contribution in [0.2, 0.25) is 0 Å². The highest BCUT2D eigenvalue weighted by Gasteiger charge is 2.21. The van der Waals surface area contributed by atoms with Gasteiger partial charge in [-0.05, 0) is 77.2 Å². The lowest BCUT2D eigenvalue weighted by Crippen LogP contribution is -2.35. The number of aliphatic hydroxyl groups excluding tert-OH is 1. The summed E-state index contributed by atoms with van der Waals surface area (Å²) in [6.45, 7) is 5.94. The van der Waals surface area contributed by atoms with Crippen molar-refractivity contribution in [2.75, 3.05) is 32.7 Å². The van der Waals surface area contributed by atoms with E-state index in [1.165, 1.54) is 45.3 Å². The minimum absolute atomic E-state index is 0.0538. The van der Waals surface area contributed by atoms with Crippen LogP contribution in [0.15, 0.2) is 0 Å². The molecule has 2 aliphatic heterocycles. The Morgan fingerprint density at radius 1 is 1.12 bits per heavy atom. The molecule has 100 valence electrons. The largest absolute Gasteiger partial charge is 0.393 e. The van der Waals surface area contributed by atoms with Crippen molar-refractivity contribution in [2.24, 2.45) is 5.92 Å². The number of hydrogen-bond acceptors (Lipinski definition) is 3. The third kappa shape index (κ3) is 4.57. The molecule has 0 aromatic heterocycles.